The summed E-state index contributed by atoms with van der Waals surface area (Å²) < 4.78 is 4.81. The second-order valence-corrected chi connectivity index (χ2v) is 3.89. The molecule has 7 nitrogen and oxygen atoms in total. The summed E-state index contributed by atoms with van der Waals surface area (Å²) in [6.45, 7) is 0.869. The van der Waals surface area contributed by atoms with E-state index in [1.54, 1.807) is 6.07 Å². The van der Waals surface area contributed by atoms with Gasteiger partial charge in [-0.1, -0.05) is 12.1 Å². The minimum atomic E-state index is -0.623. The van der Waals surface area contributed by atoms with Crippen molar-refractivity contribution in [2.24, 2.45) is 0 Å². The first kappa shape index (κ1) is 15.0. The van der Waals surface area contributed by atoms with Crippen LogP contribution in [0.25, 0.3) is 0 Å². The number of amides is 1. The van der Waals surface area contributed by atoms with Crippen molar-refractivity contribution in [2.75, 3.05) is 20.3 Å². The van der Waals surface area contributed by atoms with Gasteiger partial charge < -0.3 is 10.1 Å². The maximum atomic E-state index is 11.8. The third-order valence-corrected chi connectivity index (χ3v) is 2.41. The van der Waals surface area contributed by atoms with Crippen LogP contribution < -0.4 is 10.6 Å². The lowest BCUT2D eigenvalue weighted by Crippen LogP contribution is -2.40. The summed E-state index contributed by atoms with van der Waals surface area (Å²) in [6.07, 6.45) is 0. The first-order valence-corrected chi connectivity index (χ1v) is 5.78. The summed E-state index contributed by atoms with van der Waals surface area (Å²) in [7, 11) is 1.54. The molecule has 102 valence electrons. The SMILES string of the molecule is COCCNC(=S)NC(=O)c1ccccc1[N+](=O)[O-]. The van der Waals surface area contributed by atoms with E-state index >= 15 is 0 Å². The average molecular weight is 283 g/mol. The molecule has 0 saturated heterocycles. The Hall–Kier alpha value is -2.06. The molecule has 0 spiro atoms. The highest BCUT2D eigenvalue weighted by Gasteiger charge is 2.19. The first-order chi connectivity index (χ1) is 9.06. The molecular weight excluding hydrogens is 270 g/mol. The molecule has 1 amide bonds. The molecule has 2 N–H and O–H groups in total. The number of nitro benzene ring substituents is 1. The molecule has 0 heterocycles. The number of para-hydroxylation sites is 1. The van der Waals surface area contributed by atoms with Crippen LogP contribution in [-0.4, -0.2) is 36.2 Å². The molecule has 19 heavy (non-hydrogen) atoms. The molecule has 1 rings (SSSR count). The lowest BCUT2D eigenvalue weighted by Gasteiger charge is -2.09. The van der Waals surface area contributed by atoms with E-state index in [1.807, 2.05) is 0 Å². The van der Waals surface area contributed by atoms with Gasteiger partial charge in [-0.15, -0.1) is 0 Å². The molecule has 0 aromatic heterocycles. The van der Waals surface area contributed by atoms with Gasteiger partial charge in [-0.05, 0) is 18.3 Å². The number of benzene rings is 1. The van der Waals surface area contributed by atoms with E-state index in [-0.39, 0.29) is 16.4 Å². The number of nitrogens with one attached hydrogen (secondary N) is 2. The van der Waals surface area contributed by atoms with E-state index in [0.717, 1.165) is 0 Å². The maximum Gasteiger partial charge on any atom is 0.282 e. The van der Waals surface area contributed by atoms with Crippen molar-refractivity contribution in [3.05, 3.63) is 39.9 Å². The largest absolute Gasteiger partial charge is 0.383 e. The van der Waals surface area contributed by atoms with Gasteiger partial charge in [0.15, 0.2) is 5.11 Å². The van der Waals surface area contributed by atoms with E-state index in [1.165, 1.54) is 25.3 Å². The van der Waals surface area contributed by atoms with Crippen LogP contribution in [0.5, 0.6) is 0 Å². The molecule has 1 aromatic carbocycles. The first-order valence-electron chi connectivity index (χ1n) is 5.37. The molecule has 0 atom stereocenters. The number of nitro groups is 1. The number of thiocarbonyl (C=S) groups is 1. The minimum absolute atomic E-state index is 0.0385. The zero-order valence-corrected chi connectivity index (χ0v) is 11.0. The van der Waals surface area contributed by atoms with Gasteiger partial charge in [-0.2, -0.15) is 0 Å². The molecule has 0 fully saturated rings. The van der Waals surface area contributed by atoms with Crippen LogP contribution in [0.4, 0.5) is 5.69 Å². The Labute approximate surface area is 115 Å². The molecule has 8 heteroatoms. The molecule has 0 saturated carbocycles. The summed E-state index contributed by atoms with van der Waals surface area (Å²) in [5.74, 6) is -0.623. The summed E-state index contributed by atoms with van der Waals surface area (Å²) in [5.41, 5.74) is -0.303. The zero-order valence-electron chi connectivity index (χ0n) is 10.2. The van der Waals surface area contributed by atoms with Gasteiger partial charge in [0.2, 0.25) is 0 Å². The number of carbonyl (C=O) groups excluding carboxylic acids is 1. The molecule has 0 bridgehead atoms. The van der Waals surface area contributed by atoms with E-state index in [9.17, 15) is 14.9 Å². The van der Waals surface area contributed by atoms with E-state index < -0.39 is 10.8 Å². The van der Waals surface area contributed by atoms with Gasteiger partial charge in [-0.3, -0.25) is 20.2 Å². The number of carbonyl (C=O) groups is 1. The Bertz CT molecular complexity index is 493. The Morgan fingerprint density at radius 3 is 2.79 bits per heavy atom. The highest BCUT2D eigenvalue weighted by molar-refractivity contribution is 7.80. The molecule has 1 aromatic rings. The minimum Gasteiger partial charge on any atom is -0.383 e. The van der Waals surface area contributed by atoms with Crippen molar-refractivity contribution >= 4 is 28.9 Å². The number of hydrogen-bond donors (Lipinski definition) is 2. The van der Waals surface area contributed by atoms with Crippen molar-refractivity contribution in [3.63, 3.8) is 0 Å². The van der Waals surface area contributed by atoms with Crippen molar-refractivity contribution in [1.82, 2.24) is 10.6 Å². The van der Waals surface area contributed by atoms with E-state index in [4.69, 9.17) is 17.0 Å². The van der Waals surface area contributed by atoms with Gasteiger partial charge >= 0.3 is 0 Å². The van der Waals surface area contributed by atoms with Gasteiger partial charge in [0.05, 0.1) is 11.5 Å². The fourth-order valence-corrected chi connectivity index (χ4v) is 1.50. The molecule has 0 aliphatic heterocycles. The van der Waals surface area contributed by atoms with E-state index in [0.29, 0.717) is 13.2 Å². The Morgan fingerprint density at radius 2 is 2.16 bits per heavy atom. The van der Waals surface area contributed by atoms with Gasteiger partial charge in [0.25, 0.3) is 11.6 Å². The second kappa shape index (κ2) is 7.39. The standard InChI is InChI=1S/C11H13N3O4S/c1-18-7-6-12-11(19)13-10(15)8-4-2-3-5-9(8)14(16)17/h2-5H,6-7H2,1H3,(H2,12,13,15,19). The molecule has 0 unspecified atom stereocenters. The number of nitrogens with zero attached hydrogens (tertiary/aromatic N) is 1. The molecule has 0 aliphatic carbocycles. The molecule has 0 aliphatic rings. The predicted octanol–water partition coefficient (Wildman–Crippen LogP) is 0.845. The Morgan fingerprint density at radius 1 is 1.47 bits per heavy atom. The van der Waals surface area contributed by atoms with Crippen LogP contribution in [0.3, 0.4) is 0 Å². The van der Waals surface area contributed by atoms with Crippen LogP contribution in [0.2, 0.25) is 0 Å². The number of rotatable bonds is 5. The summed E-state index contributed by atoms with van der Waals surface area (Å²) in [6, 6.07) is 5.66. The third kappa shape index (κ3) is 4.60. The van der Waals surface area contributed by atoms with Crippen molar-refractivity contribution in [2.45, 2.75) is 0 Å². The lowest BCUT2D eigenvalue weighted by molar-refractivity contribution is -0.385. The van der Waals surface area contributed by atoms with Crippen molar-refractivity contribution < 1.29 is 14.5 Å². The third-order valence-electron chi connectivity index (χ3n) is 2.16. The predicted molar refractivity (Wildman–Crippen MR) is 73.0 cm³/mol. The number of methoxy groups -OCH3 is 1. The highest BCUT2D eigenvalue weighted by atomic mass is 32.1. The van der Waals surface area contributed by atoms with Gasteiger partial charge in [-0.25, -0.2) is 0 Å². The lowest BCUT2D eigenvalue weighted by atomic mass is 10.1. The summed E-state index contributed by atoms with van der Waals surface area (Å²) in [5, 5.41) is 16.0. The van der Waals surface area contributed by atoms with Crippen LogP contribution in [0, 0.1) is 10.1 Å². The van der Waals surface area contributed by atoms with Crippen LogP contribution in [-0.2, 0) is 4.74 Å². The van der Waals surface area contributed by atoms with E-state index in [2.05, 4.69) is 10.6 Å². The zero-order chi connectivity index (χ0) is 14.3. The van der Waals surface area contributed by atoms with Crippen LogP contribution in [0.15, 0.2) is 24.3 Å². The molecular formula is C11H13N3O4S. The number of hydrogen-bond acceptors (Lipinski definition) is 5. The topological polar surface area (TPSA) is 93.5 Å². The van der Waals surface area contributed by atoms with Crippen molar-refractivity contribution in [1.29, 1.82) is 0 Å². The Balaban J connectivity index is 2.68. The fourth-order valence-electron chi connectivity index (χ4n) is 1.31. The van der Waals surface area contributed by atoms with Crippen LogP contribution in [0.1, 0.15) is 10.4 Å². The normalized spacial score (nSPS) is 9.74. The highest BCUT2D eigenvalue weighted by Crippen LogP contribution is 2.17. The quantitative estimate of drug-likeness (QED) is 0.360. The monoisotopic (exact) mass is 283 g/mol. The summed E-state index contributed by atoms with van der Waals surface area (Å²) >= 11 is 4.88. The Kier molecular flexibility index (Phi) is 5.83. The fraction of sp³-hybridized carbons (Fsp3) is 0.273. The summed E-state index contributed by atoms with van der Waals surface area (Å²) in [4.78, 5) is 22.0. The van der Waals surface area contributed by atoms with Crippen LogP contribution >= 0.6 is 12.2 Å². The second-order valence-electron chi connectivity index (χ2n) is 3.48. The van der Waals surface area contributed by atoms with Gasteiger partial charge in [0, 0.05) is 19.7 Å². The average Bonchev–Trinajstić information content (AvgIpc) is 2.39. The van der Waals surface area contributed by atoms with Crippen molar-refractivity contribution in [3.8, 4) is 0 Å². The smallest absolute Gasteiger partial charge is 0.282 e. The number of ether oxygens (including phenoxy) is 1. The molecule has 0 radical (unpaired) electrons. The maximum absolute atomic E-state index is 11.8. The van der Waals surface area contributed by atoms with Gasteiger partial charge in [0.1, 0.15) is 5.56 Å².